The molecule has 0 radical (unpaired) electrons. The lowest BCUT2D eigenvalue weighted by Crippen LogP contribution is -2.06. The molecule has 78 valence electrons. The Labute approximate surface area is 97.2 Å². The molecule has 0 aliphatic carbocycles. The predicted molar refractivity (Wildman–Crippen MR) is 63.6 cm³/mol. The molecule has 1 N–H and O–H groups in total. The second-order valence-corrected chi connectivity index (χ2v) is 4.12. The summed E-state index contributed by atoms with van der Waals surface area (Å²) in [7, 11) is 0. The molecule has 0 aliphatic heterocycles. The van der Waals surface area contributed by atoms with Crippen molar-refractivity contribution in [2.45, 2.75) is 6.42 Å². The highest BCUT2D eigenvalue weighted by Gasteiger charge is 1.99. The molecular weight excluding hydrogens is 230 g/mol. The van der Waals surface area contributed by atoms with E-state index in [0.29, 0.717) is 5.02 Å². The van der Waals surface area contributed by atoms with Crippen LogP contribution < -0.4 is 5.32 Å². The third-order valence-electron chi connectivity index (χ3n) is 1.92. The number of halogens is 1. The van der Waals surface area contributed by atoms with Gasteiger partial charge in [0.2, 0.25) is 0 Å². The van der Waals surface area contributed by atoms with Gasteiger partial charge in [-0.05, 0) is 12.1 Å². The zero-order valence-corrected chi connectivity index (χ0v) is 9.55. The molecule has 0 bridgehead atoms. The number of pyridine rings is 1. The van der Waals surface area contributed by atoms with Gasteiger partial charge in [0, 0.05) is 24.5 Å². The number of nitrogens with one attached hydrogen (secondary N) is 1. The zero-order chi connectivity index (χ0) is 10.5. The quantitative estimate of drug-likeness (QED) is 0.892. The molecule has 2 aromatic heterocycles. The van der Waals surface area contributed by atoms with Gasteiger partial charge in [0.15, 0.2) is 0 Å². The summed E-state index contributed by atoms with van der Waals surface area (Å²) >= 11 is 7.55. The van der Waals surface area contributed by atoms with Crippen LogP contribution in [0.1, 0.15) is 5.69 Å². The maximum atomic E-state index is 5.95. The molecule has 15 heavy (non-hydrogen) atoms. The molecule has 2 aromatic rings. The van der Waals surface area contributed by atoms with E-state index in [1.165, 1.54) is 0 Å². The summed E-state index contributed by atoms with van der Waals surface area (Å²) in [4.78, 5) is 8.33. The van der Waals surface area contributed by atoms with Crippen molar-refractivity contribution < 1.29 is 0 Å². The normalized spacial score (nSPS) is 10.2. The first-order valence-electron chi connectivity index (χ1n) is 4.58. The fraction of sp³-hybridized carbons (Fsp3) is 0.200. The van der Waals surface area contributed by atoms with Gasteiger partial charge in [0.1, 0.15) is 5.82 Å². The van der Waals surface area contributed by atoms with E-state index < -0.39 is 0 Å². The van der Waals surface area contributed by atoms with Crippen LogP contribution in [-0.4, -0.2) is 16.5 Å². The van der Waals surface area contributed by atoms with Crippen molar-refractivity contribution in [1.29, 1.82) is 0 Å². The minimum atomic E-state index is 0.649. The number of nitrogens with zero attached hydrogens (tertiary/aromatic N) is 2. The van der Waals surface area contributed by atoms with Crippen LogP contribution in [0.3, 0.4) is 0 Å². The molecule has 0 aliphatic rings. The third kappa shape index (κ3) is 2.91. The average Bonchev–Trinajstić information content (AvgIpc) is 2.74. The molecule has 0 saturated carbocycles. The van der Waals surface area contributed by atoms with Crippen molar-refractivity contribution in [1.82, 2.24) is 9.97 Å². The van der Waals surface area contributed by atoms with Gasteiger partial charge in [-0.1, -0.05) is 11.6 Å². The Morgan fingerprint density at radius 3 is 3.07 bits per heavy atom. The fourth-order valence-corrected chi connectivity index (χ4v) is 1.97. The topological polar surface area (TPSA) is 37.8 Å². The maximum absolute atomic E-state index is 5.95. The smallest absolute Gasteiger partial charge is 0.144 e. The predicted octanol–water partition coefficient (Wildman–Crippen LogP) is 2.85. The molecule has 0 amide bonds. The van der Waals surface area contributed by atoms with Crippen LogP contribution in [-0.2, 0) is 6.42 Å². The lowest BCUT2D eigenvalue weighted by Gasteiger charge is -2.05. The van der Waals surface area contributed by atoms with Crippen molar-refractivity contribution in [3.8, 4) is 0 Å². The first kappa shape index (κ1) is 10.4. The van der Waals surface area contributed by atoms with Gasteiger partial charge in [-0.25, -0.2) is 9.97 Å². The molecule has 0 unspecified atom stereocenters. The van der Waals surface area contributed by atoms with Crippen LogP contribution in [0.15, 0.2) is 29.2 Å². The first-order valence-corrected chi connectivity index (χ1v) is 5.90. The number of hydrogen-bond acceptors (Lipinski definition) is 4. The van der Waals surface area contributed by atoms with Gasteiger partial charge in [-0.2, -0.15) is 0 Å². The highest BCUT2D eigenvalue weighted by atomic mass is 35.5. The summed E-state index contributed by atoms with van der Waals surface area (Å²) in [5.41, 5.74) is 2.93. The summed E-state index contributed by atoms with van der Waals surface area (Å²) in [5, 5.41) is 5.87. The van der Waals surface area contributed by atoms with Gasteiger partial charge < -0.3 is 5.32 Å². The summed E-state index contributed by atoms with van der Waals surface area (Å²) in [6.07, 6.45) is 2.60. The van der Waals surface area contributed by atoms with E-state index >= 15 is 0 Å². The van der Waals surface area contributed by atoms with Gasteiger partial charge in [0.25, 0.3) is 0 Å². The molecule has 5 heteroatoms. The van der Waals surface area contributed by atoms with E-state index in [9.17, 15) is 0 Å². The van der Waals surface area contributed by atoms with Crippen molar-refractivity contribution in [3.63, 3.8) is 0 Å². The van der Waals surface area contributed by atoms with Crippen LogP contribution >= 0.6 is 22.9 Å². The molecule has 3 nitrogen and oxygen atoms in total. The van der Waals surface area contributed by atoms with Gasteiger partial charge in [-0.3, -0.25) is 0 Å². The lowest BCUT2D eigenvalue weighted by molar-refractivity contribution is 0.968. The average molecular weight is 240 g/mol. The summed E-state index contributed by atoms with van der Waals surface area (Å²) in [6, 6.07) is 3.63. The molecule has 2 rings (SSSR count). The Hall–Kier alpha value is -1.13. The van der Waals surface area contributed by atoms with Crippen molar-refractivity contribution in [2.24, 2.45) is 0 Å². The maximum Gasteiger partial charge on any atom is 0.144 e. The summed E-state index contributed by atoms with van der Waals surface area (Å²) in [5.74, 6) is 0.731. The first-order chi connectivity index (χ1) is 7.36. The standard InChI is InChI=1S/C10H10ClN3S/c11-9-2-1-4-12-10(9)13-5-3-8-6-15-7-14-8/h1-2,4,6-7H,3,5H2,(H,12,13). The monoisotopic (exact) mass is 239 g/mol. The Morgan fingerprint density at radius 2 is 2.33 bits per heavy atom. The molecule has 0 spiro atoms. The lowest BCUT2D eigenvalue weighted by atomic mass is 10.3. The van der Waals surface area contributed by atoms with Crippen LogP contribution in [0.2, 0.25) is 5.02 Å². The number of thiazole rings is 1. The molecule has 0 aromatic carbocycles. The molecule has 2 heterocycles. The highest BCUT2D eigenvalue weighted by molar-refractivity contribution is 7.07. The number of anilines is 1. The van der Waals surface area contributed by atoms with Gasteiger partial charge in [0.05, 0.1) is 16.2 Å². The SMILES string of the molecule is Clc1cccnc1NCCc1cscn1. The summed E-state index contributed by atoms with van der Waals surface area (Å²) in [6.45, 7) is 0.792. The van der Waals surface area contributed by atoms with Crippen LogP contribution in [0, 0.1) is 0 Å². The number of aromatic nitrogens is 2. The Balaban J connectivity index is 1.86. The van der Waals surface area contributed by atoms with E-state index in [1.807, 2.05) is 23.0 Å². The molecule has 0 atom stereocenters. The number of rotatable bonds is 4. The Morgan fingerprint density at radius 1 is 1.40 bits per heavy atom. The van der Waals surface area contributed by atoms with E-state index in [0.717, 1.165) is 24.5 Å². The van der Waals surface area contributed by atoms with Crippen molar-refractivity contribution >= 4 is 28.8 Å². The Bertz CT molecular complexity index is 416. The molecule has 0 saturated heterocycles. The second kappa shape index (κ2) is 5.09. The van der Waals surface area contributed by atoms with Crippen LogP contribution in [0.4, 0.5) is 5.82 Å². The van der Waals surface area contributed by atoms with E-state index in [1.54, 1.807) is 17.5 Å². The van der Waals surface area contributed by atoms with E-state index in [4.69, 9.17) is 11.6 Å². The van der Waals surface area contributed by atoms with Crippen LogP contribution in [0.25, 0.3) is 0 Å². The number of hydrogen-bond donors (Lipinski definition) is 1. The highest BCUT2D eigenvalue weighted by Crippen LogP contribution is 2.17. The Kier molecular flexibility index (Phi) is 3.53. The van der Waals surface area contributed by atoms with Crippen molar-refractivity contribution in [2.75, 3.05) is 11.9 Å². The second-order valence-electron chi connectivity index (χ2n) is 2.99. The minimum absolute atomic E-state index is 0.649. The molecule has 0 fully saturated rings. The molecular formula is C10H10ClN3S. The third-order valence-corrected chi connectivity index (χ3v) is 2.86. The van der Waals surface area contributed by atoms with E-state index in [-0.39, 0.29) is 0 Å². The van der Waals surface area contributed by atoms with Crippen LogP contribution in [0.5, 0.6) is 0 Å². The van der Waals surface area contributed by atoms with Gasteiger partial charge in [-0.15, -0.1) is 11.3 Å². The van der Waals surface area contributed by atoms with Crippen molar-refractivity contribution in [3.05, 3.63) is 39.9 Å². The fourth-order valence-electron chi connectivity index (χ4n) is 1.19. The van der Waals surface area contributed by atoms with Gasteiger partial charge >= 0.3 is 0 Å². The minimum Gasteiger partial charge on any atom is -0.368 e. The summed E-state index contributed by atoms with van der Waals surface area (Å²) < 4.78 is 0. The van der Waals surface area contributed by atoms with E-state index in [2.05, 4.69) is 15.3 Å². The zero-order valence-electron chi connectivity index (χ0n) is 7.98. The largest absolute Gasteiger partial charge is 0.368 e.